The number of anilines is 5. The van der Waals surface area contributed by atoms with Crippen molar-refractivity contribution in [3.8, 4) is 33.4 Å². The third-order valence-corrected chi connectivity index (χ3v) is 16.3. The molecule has 2 aliphatic carbocycles. The lowest BCUT2D eigenvalue weighted by Gasteiger charge is -2.49. The number of benzene rings is 7. The average Bonchev–Trinajstić information content (AvgIpc) is 3.29. The van der Waals surface area contributed by atoms with E-state index in [1.807, 2.05) is 0 Å². The zero-order valence-electron chi connectivity index (χ0n) is 40.7. The van der Waals surface area contributed by atoms with E-state index in [9.17, 15) is 0 Å². The Labute approximate surface area is 389 Å². The van der Waals surface area contributed by atoms with E-state index in [2.05, 4.69) is 231 Å². The quantitative estimate of drug-likeness (QED) is 0.163. The summed E-state index contributed by atoms with van der Waals surface area (Å²) in [6.45, 7) is 26.9. The molecule has 0 saturated carbocycles. The second-order valence-corrected chi connectivity index (χ2v) is 23.5. The third kappa shape index (κ3) is 6.66. The molecule has 0 spiro atoms. The molecule has 0 radical (unpaired) electrons. The van der Waals surface area contributed by atoms with Crippen LogP contribution < -0.4 is 20.6 Å². The molecule has 7 aromatic rings. The molecular weight excluding hydrogens is 784 g/mol. The second kappa shape index (κ2) is 14.4. The van der Waals surface area contributed by atoms with Crippen molar-refractivity contribution >= 4 is 46.2 Å². The van der Waals surface area contributed by atoms with Crippen LogP contribution in [-0.2, 0) is 27.1 Å². The molecule has 0 unspecified atom stereocenters. The molecule has 2 heterocycles. The Morgan fingerprint density at radius 3 is 1.52 bits per heavy atom. The highest BCUT2D eigenvalue weighted by atomic mass is 15.2. The Morgan fingerprint density at radius 2 is 0.923 bits per heavy atom. The lowest BCUT2D eigenvalue weighted by molar-refractivity contribution is 0.332. The van der Waals surface area contributed by atoms with E-state index in [1.165, 1.54) is 126 Å². The van der Waals surface area contributed by atoms with Crippen LogP contribution in [0.4, 0.5) is 28.4 Å². The molecule has 2 aliphatic heterocycles. The molecule has 0 fully saturated rings. The van der Waals surface area contributed by atoms with Gasteiger partial charge in [0.15, 0.2) is 0 Å². The van der Waals surface area contributed by atoms with Crippen LogP contribution >= 0.6 is 0 Å². The van der Waals surface area contributed by atoms with Crippen molar-refractivity contribution in [3.63, 3.8) is 0 Å². The van der Waals surface area contributed by atoms with Crippen molar-refractivity contribution in [2.75, 3.05) is 9.71 Å². The maximum atomic E-state index is 2.71. The van der Waals surface area contributed by atoms with Gasteiger partial charge < -0.3 is 9.71 Å². The standard InChI is InChI=1S/C62H65BN2/c1-58(2,3)44-35-48-47-34-43(41-20-16-13-17-21-41)24-29-54(47)65(45-25-22-42(23-26-45)40-18-14-12-15-19-40)63-53-38-51-52(62(10,11)33-32-61(51,8)9)39-55(53)64(56(36-44)57(48)63)46-27-28-49-50(37-46)60(6,7)31-30-59(49,4)5/h12-29,34-39H,30-33H2,1-11H3. The average molecular weight is 849 g/mol. The normalized spacial score (nSPS) is 18.2. The van der Waals surface area contributed by atoms with Crippen LogP contribution in [-0.4, -0.2) is 6.85 Å². The lowest BCUT2D eigenvalue weighted by atomic mass is 9.42. The predicted octanol–water partition coefficient (Wildman–Crippen LogP) is 15.7. The first-order chi connectivity index (χ1) is 30.8. The number of hydrogen-bond donors (Lipinski definition) is 0. The van der Waals surface area contributed by atoms with Crippen LogP contribution in [0.25, 0.3) is 33.4 Å². The fourth-order valence-corrected chi connectivity index (χ4v) is 12.0. The first kappa shape index (κ1) is 41.9. The van der Waals surface area contributed by atoms with Gasteiger partial charge in [-0.3, -0.25) is 0 Å². The van der Waals surface area contributed by atoms with Gasteiger partial charge in [0, 0.05) is 34.0 Å². The summed E-state index contributed by atoms with van der Waals surface area (Å²) in [5.41, 5.74) is 24.2. The zero-order valence-corrected chi connectivity index (χ0v) is 40.7. The molecule has 3 heteroatoms. The fourth-order valence-electron chi connectivity index (χ4n) is 12.0. The van der Waals surface area contributed by atoms with Crippen LogP contribution in [0.3, 0.4) is 0 Å². The summed E-state index contributed by atoms with van der Waals surface area (Å²) in [6.07, 6.45) is 4.72. The summed E-state index contributed by atoms with van der Waals surface area (Å²) in [6, 6.07) is 56.4. The summed E-state index contributed by atoms with van der Waals surface area (Å²) in [5, 5.41) is 0. The van der Waals surface area contributed by atoms with Crippen molar-refractivity contribution in [1.82, 2.24) is 0 Å². The Bertz CT molecular complexity index is 3020. The minimum Gasteiger partial charge on any atom is -0.376 e. The summed E-state index contributed by atoms with van der Waals surface area (Å²) in [4.78, 5) is 5.40. The van der Waals surface area contributed by atoms with Crippen LogP contribution in [0.2, 0.25) is 0 Å². The number of nitrogens with zero attached hydrogens (tertiary/aromatic N) is 2. The van der Waals surface area contributed by atoms with Gasteiger partial charge in [0.1, 0.15) is 0 Å². The van der Waals surface area contributed by atoms with Gasteiger partial charge in [-0.25, -0.2) is 0 Å². The fraction of sp³-hybridized carbons (Fsp3) is 0.323. The molecule has 0 N–H and O–H groups in total. The van der Waals surface area contributed by atoms with Crippen molar-refractivity contribution in [2.45, 2.75) is 129 Å². The van der Waals surface area contributed by atoms with E-state index in [4.69, 9.17) is 0 Å². The van der Waals surface area contributed by atoms with Gasteiger partial charge in [-0.2, -0.15) is 0 Å². The first-order valence-electron chi connectivity index (χ1n) is 24.3. The van der Waals surface area contributed by atoms with Gasteiger partial charge in [0.25, 0.3) is 0 Å². The van der Waals surface area contributed by atoms with Gasteiger partial charge in [-0.15, -0.1) is 0 Å². The largest absolute Gasteiger partial charge is 0.376 e. The molecule has 0 amide bonds. The van der Waals surface area contributed by atoms with Crippen molar-refractivity contribution in [1.29, 1.82) is 0 Å². The van der Waals surface area contributed by atoms with Crippen LogP contribution in [0, 0.1) is 0 Å². The monoisotopic (exact) mass is 849 g/mol. The highest BCUT2D eigenvalue weighted by Crippen LogP contribution is 2.54. The lowest BCUT2D eigenvalue weighted by Crippen LogP contribution is -2.62. The van der Waals surface area contributed by atoms with E-state index in [-0.39, 0.29) is 33.9 Å². The van der Waals surface area contributed by atoms with Crippen LogP contribution in [0.15, 0.2) is 146 Å². The van der Waals surface area contributed by atoms with Gasteiger partial charge >= 0.3 is 6.85 Å². The molecule has 65 heavy (non-hydrogen) atoms. The topological polar surface area (TPSA) is 6.48 Å². The summed E-state index contributed by atoms with van der Waals surface area (Å²) in [5.74, 6) is 0. The highest BCUT2D eigenvalue weighted by Gasteiger charge is 2.49. The minimum absolute atomic E-state index is 0.0463. The maximum Gasteiger partial charge on any atom is 0.333 e. The van der Waals surface area contributed by atoms with Gasteiger partial charge in [0.2, 0.25) is 0 Å². The van der Waals surface area contributed by atoms with Crippen molar-refractivity contribution in [2.24, 2.45) is 0 Å². The Kier molecular flexibility index (Phi) is 9.25. The van der Waals surface area contributed by atoms with E-state index >= 15 is 0 Å². The molecular formula is C62H65BN2. The molecule has 0 atom stereocenters. The van der Waals surface area contributed by atoms with Gasteiger partial charge in [0.05, 0.1) is 0 Å². The van der Waals surface area contributed by atoms with Crippen LogP contribution in [0.5, 0.6) is 0 Å². The van der Waals surface area contributed by atoms with E-state index in [0.717, 1.165) is 0 Å². The molecule has 0 bridgehead atoms. The SMILES string of the molecule is CC(C)(C)c1cc2c3c(c1)N(c1ccc4c(c1)C(C)(C)CCC4(C)C)c1cc4c(cc1B3N(c1ccc(-c3ccccc3)cc1)c1ccc(-c3ccccc3)cc1-2)C(C)(C)CCC4(C)C. The zero-order chi connectivity index (χ0) is 45.4. The summed E-state index contributed by atoms with van der Waals surface area (Å²) < 4.78 is 0. The maximum absolute atomic E-state index is 2.71. The van der Waals surface area contributed by atoms with Gasteiger partial charge in [-0.1, -0.05) is 173 Å². The summed E-state index contributed by atoms with van der Waals surface area (Å²) >= 11 is 0. The van der Waals surface area contributed by atoms with Crippen molar-refractivity contribution in [3.05, 3.63) is 173 Å². The number of hydrogen-bond acceptors (Lipinski definition) is 2. The smallest absolute Gasteiger partial charge is 0.333 e. The number of rotatable bonds is 4. The third-order valence-electron chi connectivity index (χ3n) is 16.3. The summed E-state index contributed by atoms with van der Waals surface area (Å²) in [7, 11) is 0. The number of fused-ring (bicyclic) bond motifs is 6. The molecule has 7 aromatic carbocycles. The highest BCUT2D eigenvalue weighted by molar-refractivity contribution is 6.93. The minimum atomic E-state index is -0.0850. The molecule has 4 aliphatic rings. The molecule has 0 saturated heterocycles. The van der Waals surface area contributed by atoms with E-state index in [0.29, 0.717) is 0 Å². The Hall–Kier alpha value is -5.80. The van der Waals surface area contributed by atoms with E-state index in [1.54, 1.807) is 0 Å². The molecule has 2 nitrogen and oxygen atoms in total. The first-order valence-corrected chi connectivity index (χ1v) is 24.3. The van der Waals surface area contributed by atoms with E-state index < -0.39 is 0 Å². The Balaban J connectivity index is 1.26. The second-order valence-electron chi connectivity index (χ2n) is 23.5. The Morgan fingerprint density at radius 1 is 0.415 bits per heavy atom. The van der Waals surface area contributed by atoms with Gasteiger partial charge in [-0.05, 0) is 168 Å². The predicted molar refractivity (Wildman–Crippen MR) is 280 cm³/mol. The molecule has 0 aromatic heterocycles. The van der Waals surface area contributed by atoms with Crippen LogP contribution in [0.1, 0.15) is 130 Å². The van der Waals surface area contributed by atoms with Crippen molar-refractivity contribution < 1.29 is 0 Å². The molecule has 11 rings (SSSR count). The molecule has 326 valence electrons.